The molecule has 3 nitrogen and oxygen atoms in total. The van der Waals surface area contributed by atoms with Crippen molar-refractivity contribution in [1.82, 2.24) is 0 Å². The first-order chi connectivity index (χ1) is 6.90. The highest BCUT2D eigenvalue weighted by Crippen LogP contribution is 2.65. The molecule has 15 heavy (non-hydrogen) atoms. The standard InChI is InChI=1S/C12H18O3/c1-11(6-4-10(14)15)8-3-5-12(11,2)9(13)7-8/h8H,3-7H2,1-2H3,(H,14,15)/t8-,11+,12+/m0/s1. The third-order valence-corrected chi connectivity index (χ3v) is 5.06. The van der Waals surface area contributed by atoms with Gasteiger partial charge in [0.15, 0.2) is 0 Å². The quantitative estimate of drug-likeness (QED) is 0.777. The molecule has 0 aromatic heterocycles. The normalized spacial score (nSPS) is 43.6. The highest BCUT2D eigenvalue weighted by molar-refractivity contribution is 5.89. The van der Waals surface area contributed by atoms with E-state index in [-0.39, 0.29) is 17.3 Å². The summed E-state index contributed by atoms with van der Waals surface area (Å²) in [5.41, 5.74) is -0.310. The lowest BCUT2D eigenvalue weighted by atomic mass is 9.66. The zero-order valence-electron chi connectivity index (χ0n) is 9.38. The van der Waals surface area contributed by atoms with Crippen LogP contribution in [0, 0.1) is 16.7 Å². The van der Waals surface area contributed by atoms with Crippen LogP contribution >= 0.6 is 0 Å². The summed E-state index contributed by atoms with van der Waals surface area (Å²) in [6.07, 6.45) is 3.56. The Morgan fingerprint density at radius 3 is 2.60 bits per heavy atom. The van der Waals surface area contributed by atoms with Crippen LogP contribution < -0.4 is 0 Å². The number of hydrogen-bond acceptors (Lipinski definition) is 2. The maximum atomic E-state index is 11.9. The van der Waals surface area contributed by atoms with Crippen molar-refractivity contribution < 1.29 is 14.7 Å². The molecule has 0 aromatic carbocycles. The van der Waals surface area contributed by atoms with Gasteiger partial charge < -0.3 is 5.11 Å². The lowest BCUT2D eigenvalue weighted by Gasteiger charge is -2.36. The van der Waals surface area contributed by atoms with Crippen molar-refractivity contribution >= 4 is 11.8 Å². The number of ketones is 1. The fraction of sp³-hybridized carbons (Fsp3) is 0.833. The minimum absolute atomic E-state index is 0.0670. The number of carbonyl (C=O) groups is 2. The highest BCUT2D eigenvalue weighted by atomic mass is 16.4. The highest BCUT2D eigenvalue weighted by Gasteiger charge is 2.63. The molecular formula is C12H18O3. The monoisotopic (exact) mass is 210 g/mol. The topological polar surface area (TPSA) is 54.4 Å². The van der Waals surface area contributed by atoms with E-state index in [2.05, 4.69) is 6.92 Å². The number of carboxylic acids is 1. The van der Waals surface area contributed by atoms with E-state index < -0.39 is 5.97 Å². The average Bonchev–Trinajstić information content (AvgIpc) is 2.50. The fourth-order valence-corrected chi connectivity index (χ4v) is 3.60. The van der Waals surface area contributed by atoms with Crippen molar-refractivity contribution in [3.63, 3.8) is 0 Å². The van der Waals surface area contributed by atoms with E-state index in [0.717, 1.165) is 12.8 Å². The van der Waals surface area contributed by atoms with Gasteiger partial charge in [-0.05, 0) is 30.6 Å². The molecule has 84 valence electrons. The lowest BCUT2D eigenvalue weighted by Crippen LogP contribution is -2.35. The van der Waals surface area contributed by atoms with Crippen LogP contribution in [0.1, 0.15) is 46.0 Å². The van der Waals surface area contributed by atoms with E-state index in [9.17, 15) is 9.59 Å². The molecule has 0 spiro atoms. The summed E-state index contributed by atoms with van der Waals surface area (Å²) in [6.45, 7) is 4.14. The number of carbonyl (C=O) groups excluding carboxylic acids is 1. The second-order valence-electron chi connectivity index (χ2n) is 5.51. The van der Waals surface area contributed by atoms with Gasteiger partial charge in [-0.3, -0.25) is 9.59 Å². The number of Topliss-reactive ketones (excluding diaryl/α,β-unsaturated/α-hetero) is 1. The Bertz CT molecular complexity index is 323. The molecule has 2 fully saturated rings. The van der Waals surface area contributed by atoms with E-state index in [1.807, 2.05) is 6.92 Å². The van der Waals surface area contributed by atoms with Gasteiger partial charge in [-0.25, -0.2) is 0 Å². The number of rotatable bonds is 3. The predicted octanol–water partition coefficient (Wildman–Crippen LogP) is 2.25. The van der Waals surface area contributed by atoms with Crippen LogP contribution in [0.2, 0.25) is 0 Å². The summed E-state index contributed by atoms with van der Waals surface area (Å²) >= 11 is 0. The molecule has 0 aromatic rings. The lowest BCUT2D eigenvalue weighted by molar-refractivity contribution is -0.139. The Kier molecular flexibility index (Phi) is 2.18. The molecule has 2 saturated carbocycles. The van der Waals surface area contributed by atoms with Crippen LogP contribution in [-0.4, -0.2) is 16.9 Å². The Labute approximate surface area is 89.9 Å². The van der Waals surface area contributed by atoms with Gasteiger partial charge in [0.1, 0.15) is 5.78 Å². The maximum absolute atomic E-state index is 11.9. The summed E-state index contributed by atoms with van der Waals surface area (Å²) in [7, 11) is 0. The Morgan fingerprint density at radius 2 is 2.20 bits per heavy atom. The summed E-state index contributed by atoms with van der Waals surface area (Å²) in [5, 5.41) is 8.75. The van der Waals surface area contributed by atoms with Gasteiger partial charge in [0, 0.05) is 18.3 Å². The molecule has 3 atom stereocenters. The van der Waals surface area contributed by atoms with Gasteiger partial charge in [-0.15, -0.1) is 0 Å². The van der Waals surface area contributed by atoms with Crippen molar-refractivity contribution in [3.8, 4) is 0 Å². The minimum atomic E-state index is -0.751. The van der Waals surface area contributed by atoms with Gasteiger partial charge in [0.2, 0.25) is 0 Å². The minimum Gasteiger partial charge on any atom is -0.481 e. The zero-order chi connectivity index (χ0) is 11.3. The smallest absolute Gasteiger partial charge is 0.303 e. The van der Waals surface area contributed by atoms with Gasteiger partial charge in [0.25, 0.3) is 0 Å². The first-order valence-corrected chi connectivity index (χ1v) is 5.65. The molecule has 0 heterocycles. The molecule has 2 aliphatic rings. The summed E-state index contributed by atoms with van der Waals surface area (Å²) in [6, 6.07) is 0. The molecule has 3 heteroatoms. The second-order valence-corrected chi connectivity index (χ2v) is 5.51. The molecule has 2 aliphatic carbocycles. The number of fused-ring (bicyclic) bond motifs is 2. The van der Waals surface area contributed by atoms with Crippen molar-refractivity contribution in [2.45, 2.75) is 46.0 Å². The van der Waals surface area contributed by atoms with Crippen LogP contribution in [0.3, 0.4) is 0 Å². The van der Waals surface area contributed by atoms with Gasteiger partial charge >= 0.3 is 5.97 Å². The number of hydrogen-bond donors (Lipinski definition) is 1. The third kappa shape index (κ3) is 1.25. The number of aliphatic carboxylic acids is 1. The van der Waals surface area contributed by atoms with Crippen LogP contribution in [0.25, 0.3) is 0 Å². The SMILES string of the molecule is C[C@@]12CC[C@@H](CC1=O)[C@@]2(C)CCC(=O)O. The average molecular weight is 210 g/mol. The Morgan fingerprint density at radius 1 is 1.53 bits per heavy atom. The van der Waals surface area contributed by atoms with Gasteiger partial charge in [0.05, 0.1) is 0 Å². The van der Waals surface area contributed by atoms with E-state index in [1.165, 1.54) is 0 Å². The van der Waals surface area contributed by atoms with Gasteiger partial charge in [-0.1, -0.05) is 13.8 Å². The summed E-state index contributed by atoms with van der Waals surface area (Å²) < 4.78 is 0. The maximum Gasteiger partial charge on any atom is 0.303 e. The van der Waals surface area contributed by atoms with Gasteiger partial charge in [-0.2, -0.15) is 0 Å². The van der Waals surface area contributed by atoms with Crippen molar-refractivity contribution in [1.29, 1.82) is 0 Å². The van der Waals surface area contributed by atoms with E-state index >= 15 is 0 Å². The van der Waals surface area contributed by atoms with Crippen LogP contribution in [0.5, 0.6) is 0 Å². The molecule has 2 rings (SSSR count). The van der Waals surface area contributed by atoms with Crippen LogP contribution in [0.4, 0.5) is 0 Å². The van der Waals surface area contributed by atoms with Crippen molar-refractivity contribution in [2.24, 2.45) is 16.7 Å². The van der Waals surface area contributed by atoms with E-state index in [1.54, 1.807) is 0 Å². The molecule has 0 saturated heterocycles. The Balaban J connectivity index is 2.21. The van der Waals surface area contributed by atoms with Crippen molar-refractivity contribution in [2.75, 3.05) is 0 Å². The molecular weight excluding hydrogens is 192 g/mol. The summed E-state index contributed by atoms with van der Waals surface area (Å²) in [5.74, 6) is 0.0274. The fourth-order valence-electron chi connectivity index (χ4n) is 3.60. The molecule has 0 amide bonds. The van der Waals surface area contributed by atoms with Crippen LogP contribution in [-0.2, 0) is 9.59 Å². The van der Waals surface area contributed by atoms with E-state index in [4.69, 9.17) is 5.11 Å². The predicted molar refractivity (Wildman–Crippen MR) is 55.4 cm³/mol. The first-order valence-electron chi connectivity index (χ1n) is 5.65. The molecule has 0 aliphatic heterocycles. The Hall–Kier alpha value is -0.860. The third-order valence-electron chi connectivity index (χ3n) is 5.06. The first kappa shape index (κ1) is 10.7. The van der Waals surface area contributed by atoms with E-state index in [0.29, 0.717) is 24.5 Å². The molecule has 2 bridgehead atoms. The number of carboxylic acid groups (broad SMARTS) is 1. The summed E-state index contributed by atoms with van der Waals surface area (Å²) in [4.78, 5) is 22.5. The van der Waals surface area contributed by atoms with Crippen LogP contribution in [0.15, 0.2) is 0 Å². The zero-order valence-corrected chi connectivity index (χ0v) is 9.38. The largest absolute Gasteiger partial charge is 0.481 e. The molecule has 1 N–H and O–H groups in total. The van der Waals surface area contributed by atoms with Crippen molar-refractivity contribution in [3.05, 3.63) is 0 Å². The molecule has 0 unspecified atom stereocenters. The second kappa shape index (κ2) is 3.06. The molecule has 0 radical (unpaired) electrons.